The molecule has 110 valence electrons. The summed E-state index contributed by atoms with van der Waals surface area (Å²) >= 11 is 1.32. The summed E-state index contributed by atoms with van der Waals surface area (Å²) in [5.41, 5.74) is 0.780. The molecule has 6 nitrogen and oxygen atoms in total. The summed E-state index contributed by atoms with van der Waals surface area (Å²) in [5, 5.41) is 11.6. The van der Waals surface area contributed by atoms with Gasteiger partial charge in [0, 0.05) is 17.7 Å². The first-order chi connectivity index (χ1) is 10.1. The molecule has 0 radical (unpaired) electrons. The number of carbonyl (C=O) groups is 1. The van der Waals surface area contributed by atoms with Crippen LogP contribution in [0.25, 0.3) is 6.08 Å². The maximum Gasteiger partial charge on any atom is 0.250 e. The number of methoxy groups -OCH3 is 2. The third-order valence-electron chi connectivity index (χ3n) is 2.61. The number of amides is 1. The van der Waals surface area contributed by atoms with Gasteiger partial charge >= 0.3 is 0 Å². The minimum absolute atomic E-state index is 0.274. The summed E-state index contributed by atoms with van der Waals surface area (Å²) in [6.45, 7) is 1.82. The molecule has 0 aliphatic carbocycles. The lowest BCUT2D eigenvalue weighted by atomic mass is 10.1. The lowest BCUT2D eigenvalue weighted by molar-refractivity contribution is -0.111. The normalized spacial score (nSPS) is 10.6. The highest BCUT2D eigenvalue weighted by Crippen LogP contribution is 2.25. The van der Waals surface area contributed by atoms with E-state index in [1.807, 2.05) is 13.0 Å². The van der Waals surface area contributed by atoms with Crippen LogP contribution in [0.2, 0.25) is 0 Å². The van der Waals surface area contributed by atoms with E-state index >= 15 is 0 Å². The number of ether oxygens (including phenoxy) is 2. The van der Waals surface area contributed by atoms with E-state index in [4.69, 9.17) is 9.47 Å². The molecule has 1 N–H and O–H groups in total. The van der Waals surface area contributed by atoms with E-state index in [1.165, 1.54) is 17.4 Å². The molecule has 2 rings (SSSR count). The predicted octanol–water partition coefficient (Wildman–Crippen LogP) is 2.52. The van der Waals surface area contributed by atoms with Crippen molar-refractivity contribution >= 4 is 28.5 Å². The van der Waals surface area contributed by atoms with Crippen molar-refractivity contribution < 1.29 is 14.3 Å². The molecule has 1 aromatic heterocycles. The van der Waals surface area contributed by atoms with Crippen LogP contribution in [0.3, 0.4) is 0 Å². The first-order valence-electron chi connectivity index (χ1n) is 6.13. The number of hydrogen-bond donors (Lipinski definition) is 1. The molecule has 21 heavy (non-hydrogen) atoms. The highest BCUT2D eigenvalue weighted by molar-refractivity contribution is 7.15. The smallest absolute Gasteiger partial charge is 0.250 e. The van der Waals surface area contributed by atoms with Crippen molar-refractivity contribution in [3.05, 3.63) is 34.8 Å². The third-order valence-corrected chi connectivity index (χ3v) is 3.37. The van der Waals surface area contributed by atoms with E-state index in [-0.39, 0.29) is 5.91 Å². The number of benzene rings is 1. The van der Waals surface area contributed by atoms with Gasteiger partial charge in [-0.25, -0.2) is 0 Å². The molecular formula is C14H15N3O3S. The largest absolute Gasteiger partial charge is 0.497 e. The number of hydrogen-bond acceptors (Lipinski definition) is 6. The van der Waals surface area contributed by atoms with E-state index in [0.29, 0.717) is 16.6 Å². The standard InChI is InChI=1S/C14H15N3O3S/c1-9-16-17-14(21-9)15-13(18)7-5-10-4-6-11(19-2)8-12(10)20-3/h4-8H,1-3H3,(H,15,17,18)/b7-5+. The van der Waals surface area contributed by atoms with Crippen molar-refractivity contribution in [2.75, 3.05) is 19.5 Å². The van der Waals surface area contributed by atoms with Crippen LogP contribution in [0, 0.1) is 6.92 Å². The number of rotatable bonds is 5. The van der Waals surface area contributed by atoms with E-state index in [2.05, 4.69) is 15.5 Å². The lowest BCUT2D eigenvalue weighted by Gasteiger charge is -2.07. The Balaban J connectivity index is 2.08. The van der Waals surface area contributed by atoms with Gasteiger partial charge in [-0.2, -0.15) is 0 Å². The van der Waals surface area contributed by atoms with Gasteiger partial charge in [0.05, 0.1) is 14.2 Å². The number of nitrogens with zero attached hydrogens (tertiary/aromatic N) is 2. The van der Waals surface area contributed by atoms with E-state index in [1.54, 1.807) is 32.4 Å². The summed E-state index contributed by atoms with van der Waals surface area (Å²) in [6, 6.07) is 5.37. The fourth-order valence-corrected chi connectivity index (χ4v) is 2.21. The number of nitrogens with one attached hydrogen (secondary N) is 1. The molecule has 2 aromatic rings. The van der Waals surface area contributed by atoms with Gasteiger partial charge < -0.3 is 9.47 Å². The molecule has 0 fully saturated rings. The summed E-state index contributed by atoms with van der Waals surface area (Å²) in [5.74, 6) is 1.05. The van der Waals surface area contributed by atoms with Gasteiger partial charge in [0.25, 0.3) is 0 Å². The Morgan fingerprint density at radius 2 is 2.10 bits per heavy atom. The molecule has 0 unspecified atom stereocenters. The van der Waals surface area contributed by atoms with Crippen LogP contribution in [0.15, 0.2) is 24.3 Å². The van der Waals surface area contributed by atoms with Crippen molar-refractivity contribution in [1.29, 1.82) is 0 Å². The minimum Gasteiger partial charge on any atom is -0.497 e. The highest BCUT2D eigenvalue weighted by Gasteiger charge is 2.05. The van der Waals surface area contributed by atoms with Crippen LogP contribution in [0.5, 0.6) is 11.5 Å². The molecular weight excluding hydrogens is 290 g/mol. The molecule has 1 aromatic carbocycles. The second-order valence-electron chi connectivity index (χ2n) is 4.06. The zero-order valence-electron chi connectivity index (χ0n) is 11.9. The fraction of sp³-hybridized carbons (Fsp3) is 0.214. The van der Waals surface area contributed by atoms with Crippen LogP contribution >= 0.6 is 11.3 Å². The third kappa shape index (κ3) is 4.03. The van der Waals surface area contributed by atoms with Crippen molar-refractivity contribution in [2.24, 2.45) is 0 Å². The monoisotopic (exact) mass is 305 g/mol. The topological polar surface area (TPSA) is 73.3 Å². The van der Waals surface area contributed by atoms with Crippen LogP contribution in [-0.2, 0) is 4.79 Å². The molecule has 0 atom stereocenters. The quantitative estimate of drug-likeness (QED) is 0.859. The maximum atomic E-state index is 11.8. The van der Waals surface area contributed by atoms with E-state index in [9.17, 15) is 4.79 Å². The number of aryl methyl sites for hydroxylation is 1. The molecule has 1 amide bonds. The van der Waals surface area contributed by atoms with Gasteiger partial charge in [0.2, 0.25) is 11.0 Å². The number of aromatic nitrogens is 2. The lowest BCUT2D eigenvalue weighted by Crippen LogP contribution is -2.07. The number of carbonyl (C=O) groups excluding carboxylic acids is 1. The second kappa shape index (κ2) is 6.85. The second-order valence-corrected chi connectivity index (χ2v) is 5.24. The predicted molar refractivity (Wildman–Crippen MR) is 81.9 cm³/mol. The Labute approximate surface area is 126 Å². The van der Waals surface area contributed by atoms with Gasteiger partial charge in [-0.15, -0.1) is 10.2 Å². The van der Waals surface area contributed by atoms with Crippen LogP contribution in [0.4, 0.5) is 5.13 Å². The average Bonchev–Trinajstić information content (AvgIpc) is 2.90. The van der Waals surface area contributed by atoms with E-state index < -0.39 is 0 Å². The SMILES string of the molecule is COc1ccc(/C=C/C(=O)Nc2nnc(C)s2)c(OC)c1. The summed E-state index contributed by atoms with van der Waals surface area (Å²) in [7, 11) is 3.15. The molecule has 0 aliphatic heterocycles. The summed E-state index contributed by atoms with van der Waals surface area (Å²) < 4.78 is 10.4. The highest BCUT2D eigenvalue weighted by atomic mass is 32.1. The van der Waals surface area contributed by atoms with Gasteiger partial charge in [-0.3, -0.25) is 10.1 Å². The Morgan fingerprint density at radius 1 is 1.29 bits per heavy atom. The maximum absolute atomic E-state index is 11.8. The van der Waals surface area contributed by atoms with Crippen LogP contribution in [0.1, 0.15) is 10.6 Å². The van der Waals surface area contributed by atoms with Gasteiger partial charge in [0.1, 0.15) is 16.5 Å². The minimum atomic E-state index is -0.274. The molecule has 0 saturated carbocycles. The van der Waals surface area contributed by atoms with Crippen molar-refractivity contribution in [1.82, 2.24) is 10.2 Å². The zero-order valence-corrected chi connectivity index (χ0v) is 12.7. The Kier molecular flexibility index (Phi) is 4.89. The van der Waals surface area contributed by atoms with Crippen molar-refractivity contribution in [2.45, 2.75) is 6.92 Å². The summed E-state index contributed by atoms with van der Waals surface area (Å²) in [6.07, 6.45) is 3.09. The van der Waals surface area contributed by atoms with Gasteiger partial charge in [-0.05, 0) is 25.1 Å². The molecule has 0 aliphatic rings. The first kappa shape index (κ1) is 15.0. The van der Waals surface area contributed by atoms with Crippen molar-refractivity contribution in [3.63, 3.8) is 0 Å². The Morgan fingerprint density at radius 3 is 2.71 bits per heavy atom. The van der Waals surface area contributed by atoms with Gasteiger partial charge in [0.15, 0.2) is 0 Å². The molecule has 0 spiro atoms. The molecule has 1 heterocycles. The van der Waals surface area contributed by atoms with Gasteiger partial charge in [-0.1, -0.05) is 11.3 Å². The zero-order chi connectivity index (χ0) is 15.2. The van der Waals surface area contributed by atoms with Crippen molar-refractivity contribution in [3.8, 4) is 11.5 Å². The Hall–Kier alpha value is -2.41. The molecule has 7 heteroatoms. The summed E-state index contributed by atoms with van der Waals surface area (Å²) in [4.78, 5) is 11.8. The average molecular weight is 305 g/mol. The fourth-order valence-electron chi connectivity index (χ4n) is 1.62. The molecule has 0 saturated heterocycles. The number of anilines is 1. The first-order valence-corrected chi connectivity index (χ1v) is 6.95. The molecule has 0 bridgehead atoms. The van der Waals surface area contributed by atoms with Crippen LogP contribution < -0.4 is 14.8 Å². The Bertz CT molecular complexity index is 667. The van der Waals surface area contributed by atoms with E-state index in [0.717, 1.165) is 10.6 Å². The van der Waals surface area contributed by atoms with Crippen LogP contribution in [-0.4, -0.2) is 30.3 Å².